The number of rotatable bonds is 6. The third-order valence-corrected chi connectivity index (χ3v) is 20.7. The smallest absolute Gasteiger partial charge is 0.335 e. The van der Waals surface area contributed by atoms with Gasteiger partial charge >= 0.3 is 5.97 Å². The zero-order valence-corrected chi connectivity index (χ0v) is 52.5. The standard InChI is InChI=1S/C22H29N3O3.C21H28N4O3.C20H24N2O4.C3H8.3CH4/c1-14-23-22(20(27)25(14)4)18-12-15(19(26)24(2)3)6-7-16(18)13-21(22)10-8-17(28-5)9-11-21;1-24(2)17(26)13-5-6-14-12-20(9-7-15(28-4)8-10-20)21(16(14)11-13)18(27)25(3)19(22)23-21;1-12-21-20(18(25)22(12)2)16-10-13(17(23)24)4-5-14(16)11-19(20)8-6-15(26-3)7-9-19;1-3-2;;;/h6-7,12,17H,8-11,13H2,1-5H3;5-6,11,15H,7-10,12H2,1-4H3,(H2,22,23);4-5,10,15H,6-9,11H2,1-3H3,(H,23,24);3H2,1-2H3;3*1H4. The van der Waals surface area contributed by atoms with Crippen LogP contribution in [0.3, 0.4) is 0 Å². The third-order valence-electron chi connectivity index (χ3n) is 20.7. The SMILES string of the molecule is C.C.C.CCC.COC1CCC2(CC1)Cc1ccc(C(=O)N(C)C)cc1C21N=C(C)N(C)C1=O.COC1CCC2(CC1)Cc1ccc(C(=O)N(C)C)cc1C21N=C(N)N(C)C1=O.COC1CCC2(CC1)Cc1ccc(C(=O)O)cc1C21N=C(C)N(C)C1=O. The fourth-order valence-corrected chi connectivity index (χ4v) is 15.9. The summed E-state index contributed by atoms with van der Waals surface area (Å²) in [4.78, 5) is 99.9. The van der Waals surface area contributed by atoms with Gasteiger partial charge in [-0.1, -0.05) is 60.7 Å². The number of methoxy groups -OCH3 is 3. The number of nitrogens with zero attached hydrogens (tertiary/aromatic N) is 8. The van der Waals surface area contributed by atoms with Gasteiger partial charge in [-0.15, -0.1) is 0 Å². The van der Waals surface area contributed by atoms with Crippen LogP contribution in [0.15, 0.2) is 69.6 Å². The molecule has 88 heavy (non-hydrogen) atoms. The molecule has 3 aromatic rings. The van der Waals surface area contributed by atoms with Crippen molar-refractivity contribution in [3.8, 4) is 0 Å². The molecular weight excluding hydrogens is 1110 g/mol. The minimum absolute atomic E-state index is 0. The van der Waals surface area contributed by atoms with Gasteiger partial charge in [-0.25, -0.2) is 9.79 Å². The molecule has 3 atom stereocenters. The van der Waals surface area contributed by atoms with Crippen LogP contribution in [0.2, 0.25) is 0 Å². The van der Waals surface area contributed by atoms with E-state index in [1.54, 1.807) is 102 Å². The fraction of sp³-hybridized carbons (Fsp3) is 0.609. The molecule has 3 aliphatic heterocycles. The largest absolute Gasteiger partial charge is 0.478 e. The first kappa shape index (κ1) is 70.3. The van der Waals surface area contributed by atoms with Gasteiger partial charge in [-0.2, -0.15) is 0 Å². The van der Waals surface area contributed by atoms with Crippen molar-refractivity contribution in [3.63, 3.8) is 0 Å². The van der Waals surface area contributed by atoms with Crippen molar-refractivity contribution >= 4 is 53.1 Å². The number of guanidine groups is 1. The van der Waals surface area contributed by atoms with E-state index in [9.17, 15) is 33.9 Å². The van der Waals surface area contributed by atoms with E-state index in [-0.39, 0.29) is 97.9 Å². The second-order valence-corrected chi connectivity index (χ2v) is 25.7. The van der Waals surface area contributed by atoms with E-state index in [1.165, 1.54) is 11.3 Å². The molecule has 0 radical (unpaired) electrons. The van der Waals surface area contributed by atoms with E-state index in [1.807, 2.05) is 56.3 Å². The summed E-state index contributed by atoms with van der Waals surface area (Å²) in [6.45, 7) is 7.99. The average Bonchev–Trinajstić information content (AvgIpc) is 1.54. The normalized spacial score (nSPS) is 30.0. The highest BCUT2D eigenvalue weighted by Crippen LogP contribution is 2.65. The fourth-order valence-electron chi connectivity index (χ4n) is 15.9. The number of likely N-dealkylation sites (N-methyl/N-ethyl adjacent to an activating group) is 3. The second-order valence-electron chi connectivity index (χ2n) is 25.7. The summed E-state index contributed by atoms with van der Waals surface area (Å²) in [5, 5.41) is 9.44. The first-order chi connectivity index (χ1) is 40.3. The van der Waals surface area contributed by atoms with Gasteiger partial charge in [0.05, 0.1) is 23.9 Å². The van der Waals surface area contributed by atoms with Crippen LogP contribution in [0.1, 0.15) is 198 Å². The molecule has 0 saturated heterocycles. The number of amidine groups is 2. The van der Waals surface area contributed by atoms with Crippen LogP contribution in [-0.2, 0) is 64.5 Å². The summed E-state index contributed by atoms with van der Waals surface area (Å²) < 4.78 is 16.7. The molecule has 5 amide bonds. The molecule has 6 spiro atoms. The van der Waals surface area contributed by atoms with Crippen molar-refractivity contribution in [1.82, 2.24) is 24.5 Å². The second kappa shape index (κ2) is 26.3. The highest BCUT2D eigenvalue weighted by molar-refractivity contribution is 6.11. The van der Waals surface area contributed by atoms with Crippen molar-refractivity contribution in [2.24, 2.45) is 37.0 Å². The van der Waals surface area contributed by atoms with Gasteiger partial charge in [0.25, 0.3) is 29.5 Å². The Morgan fingerprint density at radius 2 is 0.795 bits per heavy atom. The van der Waals surface area contributed by atoms with Crippen LogP contribution in [0, 0.1) is 16.2 Å². The third kappa shape index (κ3) is 10.8. The molecule has 3 N–H and O–H groups in total. The number of fused-ring (bicyclic) bond motifs is 9. The predicted molar refractivity (Wildman–Crippen MR) is 346 cm³/mol. The molecule has 9 aliphatic rings. The highest BCUT2D eigenvalue weighted by Gasteiger charge is 2.69. The molecule has 3 heterocycles. The Kier molecular flexibility index (Phi) is 21.0. The predicted octanol–water partition coefficient (Wildman–Crippen LogP) is 10.0. The van der Waals surface area contributed by atoms with E-state index < -0.39 is 22.6 Å². The Bertz CT molecular complexity index is 3110. The number of hydrogen-bond acceptors (Lipinski definition) is 13. The maximum absolute atomic E-state index is 13.6. The minimum Gasteiger partial charge on any atom is -0.478 e. The Balaban J connectivity index is 0.000000203. The quantitative estimate of drug-likeness (QED) is 0.236. The number of aliphatic imine (C=N–C) groups is 3. The summed E-state index contributed by atoms with van der Waals surface area (Å²) in [6, 6.07) is 16.7. The topological polar surface area (TPSA) is 230 Å². The first-order valence-corrected chi connectivity index (χ1v) is 30.3. The molecule has 3 saturated carbocycles. The lowest BCUT2D eigenvalue weighted by atomic mass is 9.61. The maximum Gasteiger partial charge on any atom is 0.335 e. The lowest BCUT2D eigenvalue weighted by Gasteiger charge is -2.45. The Morgan fingerprint density at radius 3 is 1.03 bits per heavy atom. The Labute approximate surface area is 523 Å². The van der Waals surface area contributed by atoms with Gasteiger partial charge in [-0.3, -0.25) is 38.9 Å². The average molecular weight is 1220 g/mol. The molecule has 0 bridgehead atoms. The number of aromatic carboxylic acids is 1. The van der Waals surface area contributed by atoms with Crippen molar-refractivity contribution in [2.45, 2.75) is 188 Å². The van der Waals surface area contributed by atoms with Gasteiger partial charge in [0.1, 0.15) is 11.7 Å². The van der Waals surface area contributed by atoms with Gasteiger partial charge in [0.15, 0.2) is 22.6 Å². The summed E-state index contributed by atoms with van der Waals surface area (Å²) in [5.74, 6) is 0.476. The first-order valence-electron chi connectivity index (χ1n) is 30.3. The van der Waals surface area contributed by atoms with Crippen molar-refractivity contribution in [3.05, 3.63) is 105 Å². The molecular formula is C69H101N9O10. The van der Waals surface area contributed by atoms with Crippen LogP contribution in [0.4, 0.5) is 0 Å². The molecule has 3 fully saturated rings. The van der Waals surface area contributed by atoms with Gasteiger partial charge < -0.3 is 44.7 Å². The summed E-state index contributed by atoms with van der Waals surface area (Å²) in [5.41, 5.74) is 9.53. The number of nitrogens with two attached hydrogens (primary N) is 1. The number of hydrogen-bond donors (Lipinski definition) is 2. The molecule has 19 nitrogen and oxygen atoms in total. The van der Waals surface area contributed by atoms with E-state index in [2.05, 4.69) is 13.8 Å². The van der Waals surface area contributed by atoms with E-state index in [4.69, 9.17) is 34.9 Å². The zero-order valence-electron chi connectivity index (χ0n) is 52.5. The Hall–Kier alpha value is -6.83. The monoisotopic (exact) mass is 1220 g/mol. The van der Waals surface area contributed by atoms with Crippen molar-refractivity contribution < 1.29 is 48.1 Å². The number of carboxylic acids is 1. The minimum atomic E-state index is -1.04. The highest BCUT2D eigenvalue weighted by atomic mass is 16.5. The number of amides is 5. The molecule has 0 aromatic heterocycles. The number of carbonyl (C=O) groups is 6. The number of carbonyl (C=O) groups excluding carboxylic acids is 5. The number of ether oxygens (including phenoxy) is 3. The van der Waals surface area contributed by atoms with Crippen LogP contribution in [0.5, 0.6) is 0 Å². The molecule has 3 aromatic carbocycles. The summed E-state index contributed by atoms with van der Waals surface area (Å²) in [6.07, 6.45) is 14.9. The van der Waals surface area contributed by atoms with Crippen LogP contribution < -0.4 is 5.73 Å². The molecule has 482 valence electrons. The van der Waals surface area contributed by atoms with Crippen LogP contribution >= 0.6 is 0 Å². The molecule has 12 rings (SSSR count). The van der Waals surface area contributed by atoms with Crippen LogP contribution in [0.25, 0.3) is 0 Å². The Morgan fingerprint density at radius 1 is 0.523 bits per heavy atom. The van der Waals surface area contributed by atoms with Gasteiger partial charge in [-0.05, 0) is 180 Å². The van der Waals surface area contributed by atoms with Gasteiger partial charge in [0.2, 0.25) is 0 Å². The lowest BCUT2D eigenvalue weighted by molar-refractivity contribution is -0.138. The maximum atomic E-state index is 13.6. The summed E-state index contributed by atoms with van der Waals surface area (Å²) >= 11 is 0. The van der Waals surface area contributed by atoms with Gasteiger partial charge in [0, 0.05) is 98.0 Å². The van der Waals surface area contributed by atoms with E-state index >= 15 is 0 Å². The molecule has 3 unspecified atom stereocenters. The summed E-state index contributed by atoms with van der Waals surface area (Å²) in [7, 11) is 17.4. The molecule has 19 heteroatoms. The van der Waals surface area contributed by atoms with E-state index in [0.29, 0.717) is 17.0 Å². The van der Waals surface area contributed by atoms with Crippen molar-refractivity contribution in [1.29, 1.82) is 0 Å². The zero-order chi connectivity index (χ0) is 61.9. The van der Waals surface area contributed by atoms with Crippen LogP contribution in [-0.4, -0.2) is 172 Å². The van der Waals surface area contributed by atoms with E-state index in [0.717, 1.165) is 136 Å². The molecule has 6 aliphatic carbocycles. The van der Waals surface area contributed by atoms with Crippen molar-refractivity contribution in [2.75, 3.05) is 70.7 Å². The number of benzene rings is 3. The number of carboxylic acid groups (broad SMARTS) is 1. The lowest BCUT2D eigenvalue weighted by Crippen LogP contribution is -2.51.